The van der Waals surface area contributed by atoms with Crippen LogP contribution in [0.15, 0.2) is 60.0 Å². The molecule has 0 spiro atoms. The topological polar surface area (TPSA) is 40.5 Å². The maximum absolute atomic E-state index is 4.64. The van der Waals surface area contributed by atoms with E-state index >= 15 is 0 Å². The number of aromatic nitrogens is 1. The number of hydrogen-bond acceptors (Lipinski definition) is 4. The summed E-state index contributed by atoms with van der Waals surface area (Å²) in [5.74, 6) is 1.77. The lowest BCUT2D eigenvalue weighted by atomic mass is 10.2. The third kappa shape index (κ3) is 1.20. The number of rotatable bonds is 0. The molecule has 0 aliphatic carbocycles. The Balaban J connectivity index is 2.18. The van der Waals surface area contributed by atoms with Crippen LogP contribution in [0.5, 0.6) is 0 Å². The van der Waals surface area contributed by atoms with E-state index < -0.39 is 0 Å². The Hall–Kier alpha value is -2.62. The van der Waals surface area contributed by atoms with Gasteiger partial charge in [-0.2, -0.15) is 0 Å². The zero-order valence-electron chi connectivity index (χ0n) is 9.54. The molecule has 0 amide bonds. The van der Waals surface area contributed by atoms with Gasteiger partial charge in [-0.1, -0.05) is 12.1 Å². The Morgan fingerprint density at radius 2 is 2.00 bits per heavy atom. The van der Waals surface area contributed by atoms with Crippen molar-refractivity contribution < 1.29 is 0 Å². The second kappa shape index (κ2) is 3.43. The fourth-order valence-corrected chi connectivity index (χ4v) is 2.29. The number of fused-ring (bicyclic) bond motifs is 4. The minimum atomic E-state index is 0.744. The Bertz CT molecular complexity index is 776. The number of hydrogen-bond donors (Lipinski definition) is 1. The van der Waals surface area contributed by atoms with Gasteiger partial charge in [-0.15, -0.1) is 0 Å². The van der Waals surface area contributed by atoms with Crippen LogP contribution in [-0.4, -0.2) is 4.98 Å². The summed E-state index contributed by atoms with van der Waals surface area (Å²) in [4.78, 5) is 11.1. The predicted molar refractivity (Wildman–Crippen MR) is 69.3 cm³/mol. The van der Waals surface area contributed by atoms with Gasteiger partial charge >= 0.3 is 0 Å². The van der Waals surface area contributed by atoms with E-state index in [4.69, 9.17) is 0 Å². The van der Waals surface area contributed by atoms with E-state index in [0.29, 0.717) is 0 Å². The molecule has 2 aliphatic heterocycles. The molecule has 1 aromatic carbocycles. The number of pyridine rings is 1. The van der Waals surface area contributed by atoms with Gasteiger partial charge in [0.2, 0.25) is 0 Å². The van der Waals surface area contributed by atoms with E-state index in [9.17, 15) is 0 Å². The fraction of sp³-hybridized carbons (Fsp3) is 0. The summed E-state index contributed by atoms with van der Waals surface area (Å²) in [6, 6.07) is 12.0. The second-order valence-corrected chi connectivity index (χ2v) is 4.15. The molecule has 0 saturated carbocycles. The number of nitrogens with zero attached hydrogens (tertiary/aromatic N) is 3. The first-order chi connectivity index (χ1) is 8.93. The van der Waals surface area contributed by atoms with E-state index in [-0.39, 0.29) is 0 Å². The first-order valence-corrected chi connectivity index (χ1v) is 5.79. The van der Waals surface area contributed by atoms with E-state index in [0.717, 1.165) is 27.9 Å². The van der Waals surface area contributed by atoms with Crippen molar-refractivity contribution in [3.05, 3.63) is 65.6 Å². The Morgan fingerprint density at radius 1 is 1.06 bits per heavy atom. The van der Waals surface area contributed by atoms with Gasteiger partial charge < -0.3 is 5.32 Å². The average Bonchev–Trinajstić information content (AvgIpc) is 2.84. The van der Waals surface area contributed by atoms with Crippen molar-refractivity contribution in [3.63, 3.8) is 0 Å². The van der Waals surface area contributed by atoms with Gasteiger partial charge in [-0.05, 0) is 24.3 Å². The monoisotopic (exact) mass is 234 g/mol. The summed E-state index contributed by atoms with van der Waals surface area (Å²) in [6.07, 6.45) is 5.69. The van der Waals surface area contributed by atoms with Crippen LogP contribution in [-0.2, 0) is 0 Å². The van der Waals surface area contributed by atoms with Crippen molar-refractivity contribution in [1.29, 1.82) is 0 Å². The van der Waals surface area contributed by atoms with E-state index in [1.165, 1.54) is 0 Å². The molecule has 0 unspecified atom stereocenters. The molecule has 4 nitrogen and oxygen atoms in total. The minimum Gasteiger partial charge on any atom is -0.346 e. The Kier molecular flexibility index (Phi) is 1.80. The molecule has 3 heterocycles. The van der Waals surface area contributed by atoms with Gasteiger partial charge in [-0.25, -0.2) is 9.98 Å². The minimum absolute atomic E-state index is 0.744. The molecule has 4 heteroatoms. The molecule has 2 aliphatic rings. The summed E-state index contributed by atoms with van der Waals surface area (Å²) in [5, 5.41) is 5.29. The number of para-hydroxylation sites is 1. The van der Waals surface area contributed by atoms with Gasteiger partial charge in [0.05, 0.1) is 11.0 Å². The lowest BCUT2D eigenvalue weighted by molar-refractivity contribution is 1.17. The zero-order valence-corrected chi connectivity index (χ0v) is 9.54. The molecule has 1 aromatic heterocycles. The highest BCUT2D eigenvalue weighted by atomic mass is 15.3. The molecule has 86 valence electrons. The highest BCUT2D eigenvalue weighted by Crippen LogP contribution is 2.30. The smallest absolute Gasteiger partial charge is 0.177 e. The Morgan fingerprint density at radius 3 is 3.00 bits per heavy atom. The van der Waals surface area contributed by atoms with Crippen LogP contribution >= 0.6 is 0 Å². The molecule has 0 fully saturated rings. The zero-order chi connectivity index (χ0) is 11.9. The average molecular weight is 234 g/mol. The molecule has 18 heavy (non-hydrogen) atoms. The molecule has 0 radical (unpaired) electrons. The van der Waals surface area contributed by atoms with Gasteiger partial charge in [0, 0.05) is 23.8 Å². The molecule has 1 N–H and O–H groups in total. The third-order valence-corrected chi connectivity index (χ3v) is 3.10. The SMILES string of the molecule is C1=CN2C(=c3ccccc3=Nc3ncccc32)N1. The lowest BCUT2D eigenvalue weighted by Crippen LogP contribution is -2.33. The number of nitrogens with one attached hydrogen (secondary N) is 1. The summed E-state index contributed by atoms with van der Waals surface area (Å²) < 4.78 is 0. The number of anilines is 1. The molecule has 0 saturated heterocycles. The molecular weight excluding hydrogens is 224 g/mol. The highest BCUT2D eigenvalue weighted by molar-refractivity contribution is 5.79. The van der Waals surface area contributed by atoms with Crippen LogP contribution in [0, 0.1) is 0 Å². The summed E-state index contributed by atoms with van der Waals surface area (Å²) in [7, 11) is 0. The molecular formula is C14H10N4. The molecule has 2 aromatic rings. The first kappa shape index (κ1) is 9.41. The summed E-state index contributed by atoms with van der Waals surface area (Å²) in [5.41, 5.74) is 0.991. The predicted octanol–water partition coefficient (Wildman–Crippen LogP) is 0.993. The van der Waals surface area contributed by atoms with Crippen LogP contribution in [0.3, 0.4) is 0 Å². The number of benzene rings is 1. The van der Waals surface area contributed by atoms with Crippen molar-refractivity contribution in [3.8, 4) is 0 Å². The molecule has 0 atom stereocenters. The lowest BCUT2D eigenvalue weighted by Gasteiger charge is -2.17. The third-order valence-electron chi connectivity index (χ3n) is 3.10. The molecule has 0 bridgehead atoms. The van der Waals surface area contributed by atoms with Crippen molar-refractivity contribution in [2.45, 2.75) is 0 Å². The highest BCUT2D eigenvalue weighted by Gasteiger charge is 2.20. The van der Waals surface area contributed by atoms with Gasteiger partial charge in [0.25, 0.3) is 0 Å². The van der Waals surface area contributed by atoms with Crippen LogP contribution in [0.2, 0.25) is 0 Å². The largest absolute Gasteiger partial charge is 0.346 e. The normalized spacial score (nSPS) is 15.1. The quantitative estimate of drug-likeness (QED) is 0.739. The maximum atomic E-state index is 4.64. The summed E-state index contributed by atoms with van der Waals surface area (Å²) in [6.45, 7) is 0. The van der Waals surface area contributed by atoms with Crippen LogP contribution in [0.25, 0.3) is 5.82 Å². The maximum Gasteiger partial charge on any atom is 0.177 e. The van der Waals surface area contributed by atoms with Crippen LogP contribution < -0.4 is 20.8 Å². The van der Waals surface area contributed by atoms with Gasteiger partial charge in [0.1, 0.15) is 5.82 Å². The van der Waals surface area contributed by atoms with Crippen molar-refractivity contribution in [2.24, 2.45) is 4.99 Å². The fourth-order valence-electron chi connectivity index (χ4n) is 2.29. The summed E-state index contributed by atoms with van der Waals surface area (Å²) >= 11 is 0. The van der Waals surface area contributed by atoms with Crippen molar-refractivity contribution in [2.75, 3.05) is 4.90 Å². The van der Waals surface area contributed by atoms with Crippen molar-refractivity contribution >= 4 is 17.3 Å². The standard InChI is InChI=1S/C14H10N4/c1-2-5-11-10(4-1)14-16-8-9-18(14)12-6-3-7-15-13(12)17-11/h1-9,16H. The van der Waals surface area contributed by atoms with E-state index in [1.807, 2.05) is 42.7 Å². The molecule has 4 rings (SSSR count). The first-order valence-electron chi connectivity index (χ1n) is 5.79. The van der Waals surface area contributed by atoms with E-state index in [1.54, 1.807) is 6.20 Å². The van der Waals surface area contributed by atoms with Gasteiger partial charge in [-0.3, -0.25) is 4.90 Å². The van der Waals surface area contributed by atoms with E-state index in [2.05, 4.69) is 26.3 Å². The van der Waals surface area contributed by atoms with Crippen molar-refractivity contribution in [1.82, 2.24) is 10.3 Å². The Labute approximate surface area is 104 Å². The van der Waals surface area contributed by atoms with Crippen LogP contribution in [0.1, 0.15) is 0 Å². The van der Waals surface area contributed by atoms with Gasteiger partial charge in [0.15, 0.2) is 5.82 Å². The second-order valence-electron chi connectivity index (χ2n) is 4.15. The van der Waals surface area contributed by atoms with Crippen LogP contribution in [0.4, 0.5) is 11.5 Å².